The fourth-order valence-electron chi connectivity index (χ4n) is 2.43. The summed E-state index contributed by atoms with van der Waals surface area (Å²) in [5.41, 5.74) is 1.38. The van der Waals surface area contributed by atoms with Gasteiger partial charge < -0.3 is 11.1 Å². The summed E-state index contributed by atoms with van der Waals surface area (Å²) in [5.74, 6) is 0. The SMILES string of the molecule is C=C(C)C1=C[C@@H](COC)N2C[C@@H]1N(OS(=O)(=O)O)C2=O.[H-].[Na+]. The molecule has 1 N–H and O–H groups in total. The summed E-state index contributed by atoms with van der Waals surface area (Å²) in [6.07, 6.45) is 1.80. The topological polar surface area (TPSA) is 96.4 Å². The average Bonchev–Trinajstić information content (AvgIpc) is 2.57. The van der Waals surface area contributed by atoms with Crippen LogP contribution in [0.5, 0.6) is 0 Å². The quantitative estimate of drug-likeness (QED) is 0.442. The maximum atomic E-state index is 12.2. The molecule has 114 valence electrons. The molecule has 2 atom stereocenters. The first-order valence-corrected chi connectivity index (χ1v) is 7.24. The molecule has 0 radical (unpaired) electrons. The van der Waals surface area contributed by atoms with Gasteiger partial charge in [-0.2, -0.15) is 13.5 Å². The first-order chi connectivity index (χ1) is 9.24. The Balaban J connectivity index is 0.00000220. The minimum Gasteiger partial charge on any atom is -1.00 e. The maximum absolute atomic E-state index is 12.2. The molecule has 1 fully saturated rings. The van der Waals surface area contributed by atoms with Crippen LogP contribution in [0, 0.1) is 0 Å². The molecule has 2 aliphatic rings. The van der Waals surface area contributed by atoms with E-state index in [1.54, 1.807) is 13.0 Å². The van der Waals surface area contributed by atoms with E-state index in [1.807, 2.05) is 0 Å². The second kappa shape index (κ2) is 6.78. The van der Waals surface area contributed by atoms with Crippen LogP contribution in [-0.4, -0.2) is 61.3 Å². The number of carbonyl (C=O) groups excluding carboxylic acids is 1. The van der Waals surface area contributed by atoms with Gasteiger partial charge in [-0.1, -0.05) is 18.2 Å². The van der Waals surface area contributed by atoms with E-state index in [1.165, 1.54) is 12.0 Å². The van der Waals surface area contributed by atoms with E-state index in [9.17, 15) is 13.2 Å². The molecule has 0 aromatic heterocycles. The largest absolute Gasteiger partial charge is 1.00 e. The Kier molecular flexibility index (Phi) is 6.01. The summed E-state index contributed by atoms with van der Waals surface area (Å²) < 4.78 is 39.9. The van der Waals surface area contributed by atoms with E-state index in [0.717, 1.165) is 0 Å². The van der Waals surface area contributed by atoms with Crippen LogP contribution < -0.4 is 29.6 Å². The average molecular weight is 328 g/mol. The third-order valence-corrected chi connectivity index (χ3v) is 3.57. The Morgan fingerprint density at radius 1 is 1.62 bits per heavy atom. The van der Waals surface area contributed by atoms with Gasteiger partial charge in [0, 0.05) is 7.11 Å². The number of hydrogen-bond acceptors (Lipinski definition) is 5. The van der Waals surface area contributed by atoms with Crippen LogP contribution in [-0.2, 0) is 19.4 Å². The van der Waals surface area contributed by atoms with Gasteiger partial charge in [-0.15, -0.1) is 4.28 Å². The molecule has 2 amide bonds. The third kappa shape index (κ3) is 3.86. The molecule has 8 nitrogen and oxygen atoms in total. The molecule has 0 saturated carbocycles. The fraction of sp³-hybridized carbons (Fsp3) is 0.545. The predicted octanol–water partition coefficient (Wildman–Crippen LogP) is -2.53. The monoisotopic (exact) mass is 328 g/mol. The number of rotatable bonds is 5. The van der Waals surface area contributed by atoms with Crippen molar-refractivity contribution in [3.63, 3.8) is 0 Å². The number of urea groups is 1. The van der Waals surface area contributed by atoms with Gasteiger partial charge in [0.2, 0.25) is 0 Å². The number of hydroxylamine groups is 2. The second-order valence-corrected chi connectivity index (χ2v) is 5.71. The molecular weight excluding hydrogens is 311 g/mol. The number of nitrogens with zero attached hydrogens (tertiary/aromatic N) is 2. The Morgan fingerprint density at radius 3 is 2.71 bits per heavy atom. The van der Waals surface area contributed by atoms with Crippen LogP contribution in [0.1, 0.15) is 8.35 Å². The van der Waals surface area contributed by atoms with Crippen molar-refractivity contribution in [3.05, 3.63) is 23.8 Å². The van der Waals surface area contributed by atoms with Crippen LogP contribution in [0.2, 0.25) is 0 Å². The van der Waals surface area contributed by atoms with Crippen molar-refractivity contribution in [2.45, 2.75) is 19.0 Å². The summed E-state index contributed by atoms with van der Waals surface area (Å²) in [5, 5.41) is 0.658. The van der Waals surface area contributed by atoms with Gasteiger partial charge in [0.05, 0.1) is 19.2 Å². The van der Waals surface area contributed by atoms with Crippen molar-refractivity contribution in [1.29, 1.82) is 0 Å². The zero-order valence-corrected chi connectivity index (χ0v) is 15.0. The summed E-state index contributed by atoms with van der Waals surface area (Å²) >= 11 is 0. The molecule has 0 unspecified atom stereocenters. The number of carbonyl (C=O) groups is 1. The predicted molar refractivity (Wildman–Crippen MR) is 70.0 cm³/mol. The molecule has 2 rings (SSSR count). The van der Waals surface area contributed by atoms with Crippen molar-refractivity contribution in [1.82, 2.24) is 9.96 Å². The van der Waals surface area contributed by atoms with E-state index in [4.69, 9.17) is 9.29 Å². The van der Waals surface area contributed by atoms with Gasteiger partial charge >= 0.3 is 46.0 Å². The van der Waals surface area contributed by atoms with Crippen molar-refractivity contribution in [2.24, 2.45) is 0 Å². The van der Waals surface area contributed by atoms with Gasteiger partial charge in [0.25, 0.3) is 0 Å². The number of hydrogen-bond donors (Lipinski definition) is 1. The number of methoxy groups -OCH3 is 1. The molecule has 0 spiro atoms. The Labute approximate surface area is 147 Å². The first-order valence-electron chi connectivity index (χ1n) is 5.88. The summed E-state index contributed by atoms with van der Waals surface area (Å²) in [6.45, 7) is 6.09. The van der Waals surface area contributed by atoms with Gasteiger partial charge in [-0.25, -0.2) is 4.79 Å². The Bertz CT molecular complexity index is 581. The molecule has 21 heavy (non-hydrogen) atoms. The van der Waals surface area contributed by atoms with E-state index >= 15 is 0 Å². The van der Waals surface area contributed by atoms with Crippen LogP contribution in [0.3, 0.4) is 0 Å². The van der Waals surface area contributed by atoms with Crippen LogP contribution >= 0.6 is 0 Å². The maximum Gasteiger partial charge on any atom is 1.00 e. The summed E-state index contributed by atoms with van der Waals surface area (Å²) in [4.78, 5) is 13.6. The smallest absolute Gasteiger partial charge is 1.00 e. The zero-order valence-electron chi connectivity index (χ0n) is 13.1. The number of fused-ring (bicyclic) bond motifs is 2. The minimum atomic E-state index is -4.77. The van der Waals surface area contributed by atoms with Gasteiger partial charge in [0.15, 0.2) is 0 Å². The molecule has 0 aromatic carbocycles. The van der Waals surface area contributed by atoms with Crippen LogP contribution in [0.15, 0.2) is 23.8 Å². The summed E-state index contributed by atoms with van der Waals surface area (Å²) in [7, 11) is -3.26. The zero-order chi connectivity index (χ0) is 15.1. The Hall–Kier alpha value is -0.420. The molecule has 2 bridgehead atoms. The van der Waals surface area contributed by atoms with Gasteiger partial charge in [-0.05, 0) is 12.5 Å². The van der Waals surface area contributed by atoms with E-state index in [0.29, 0.717) is 16.2 Å². The molecule has 10 heteroatoms. The fourth-order valence-corrected chi connectivity index (χ4v) is 2.80. The molecule has 0 aliphatic carbocycles. The molecule has 1 saturated heterocycles. The molecular formula is C11H17N2NaO6S. The van der Waals surface area contributed by atoms with Crippen LogP contribution in [0.4, 0.5) is 4.79 Å². The molecule has 2 heterocycles. The number of amides is 2. The van der Waals surface area contributed by atoms with Gasteiger partial charge in [-0.3, -0.25) is 4.55 Å². The van der Waals surface area contributed by atoms with E-state index in [2.05, 4.69) is 10.9 Å². The number of ether oxygens (including phenoxy) is 1. The van der Waals surface area contributed by atoms with Gasteiger partial charge in [0.1, 0.15) is 6.04 Å². The van der Waals surface area contributed by atoms with Crippen molar-refractivity contribution < 1.29 is 57.8 Å². The normalized spacial score (nSPS) is 24.7. The van der Waals surface area contributed by atoms with Crippen molar-refractivity contribution in [2.75, 3.05) is 20.3 Å². The van der Waals surface area contributed by atoms with Crippen molar-refractivity contribution >= 4 is 16.4 Å². The van der Waals surface area contributed by atoms with E-state index in [-0.39, 0.29) is 50.2 Å². The third-order valence-electron chi connectivity index (χ3n) is 3.22. The van der Waals surface area contributed by atoms with Crippen LogP contribution in [0.25, 0.3) is 0 Å². The standard InChI is InChI=1S/C11H16N2O6S.Na.H/c1-7(2)9-4-8(6-18-3)12-5-10(9)13(11(12)14)19-20(15,16)17;;/h4,8,10H,1,5-6H2,2-3H3,(H,15,16,17);;/q;+1;-1/t8-,10-;;/m0../s1. The van der Waals surface area contributed by atoms with Crippen molar-refractivity contribution in [3.8, 4) is 0 Å². The summed E-state index contributed by atoms with van der Waals surface area (Å²) in [6, 6.07) is -1.58. The Morgan fingerprint density at radius 2 is 2.24 bits per heavy atom. The van der Waals surface area contributed by atoms with E-state index < -0.39 is 22.5 Å². The minimum absolute atomic E-state index is 0. The molecule has 2 aliphatic heterocycles. The first kappa shape index (κ1) is 18.6. The second-order valence-electron chi connectivity index (χ2n) is 4.70. The molecule has 0 aromatic rings.